The number of nitrogens with one attached hydrogen (secondary N) is 1. The number of hydrogen-bond donors (Lipinski definition) is 3. The van der Waals surface area contributed by atoms with Crippen molar-refractivity contribution in [3.8, 4) is 0 Å². The largest absolute Gasteiger partial charge is 0.389 e. The van der Waals surface area contributed by atoms with Crippen molar-refractivity contribution in [2.75, 3.05) is 5.32 Å². The minimum atomic E-state index is -1.34. The number of aliphatic hydroxyl groups excluding tert-OH is 2. The molecular formula is C6H8N10O2. The van der Waals surface area contributed by atoms with Gasteiger partial charge in [-0.05, 0) is 28.2 Å². The number of anilines is 1. The van der Waals surface area contributed by atoms with Crippen LogP contribution in [0.2, 0.25) is 0 Å². The van der Waals surface area contributed by atoms with E-state index in [1.54, 1.807) is 0 Å². The maximum absolute atomic E-state index is 9.35. The summed E-state index contributed by atoms with van der Waals surface area (Å²) >= 11 is 0. The van der Waals surface area contributed by atoms with E-state index in [0.717, 1.165) is 0 Å². The molecule has 0 aliphatic heterocycles. The van der Waals surface area contributed by atoms with Gasteiger partial charge in [-0.2, -0.15) is 9.97 Å². The zero-order valence-electron chi connectivity index (χ0n) is 9.07. The third-order valence-corrected chi connectivity index (χ3v) is 1.61. The number of hydrogen-bond acceptors (Lipinski definition) is 8. The Labute approximate surface area is 99.6 Å². The highest BCUT2D eigenvalue weighted by molar-refractivity contribution is 5.36. The van der Waals surface area contributed by atoms with Crippen LogP contribution in [-0.4, -0.2) is 37.5 Å². The van der Waals surface area contributed by atoms with E-state index in [1.165, 1.54) is 6.92 Å². The first kappa shape index (κ1) is 13.4. The van der Waals surface area contributed by atoms with E-state index in [-0.39, 0.29) is 17.8 Å². The van der Waals surface area contributed by atoms with Crippen molar-refractivity contribution < 1.29 is 10.2 Å². The molecule has 0 aliphatic carbocycles. The molecule has 1 aromatic rings. The molecule has 2 unspecified atom stereocenters. The van der Waals surface area contributed by atoms with Crippen LogP contribution in [-0.2, 0) is 0 Å². The average molecular weight is 252 g/mol. The van der Waals surface area contributed by atoms with Gasteiger partial charge < -0.3 is 15.5 Å². The maximum Gasteiger partial charge on any atom is 0.228 e. The van der Waals surface area contributed by atoms with Gasteiger partial charge in [0.25, 0.3) is 0 Å². The summed E-state index contributed by atoms with van der Waals surface area (Å²) < 4.78 is 0. The minimum Gasteiger partial charge on any atom is -0.389 e. The highest BCUT2D eigenvalue weighted by Gasteiger charge is 2.13. The molecule has 3 N–H and O–H groups in total. The molecule has 94 valence electrons. The average Bonchev–Trinajstić information content (AvgIpc) is 2.29. The van der Waals surface area contributed by atoms with E-state index >= 15 is 0 Å². The summed E-state index contributed by atoms with van der Waals surface area (Å²) in [5.74, 6) is -0.881. The highest BCUT2D eigenvalue weighted by atomic mass is 16.3. The summed E-state index contributed by atoms with van der Waals surface area (Å²) in [5.41, 5.74) is 16.5. The van der Waals surface area contributed by atoms with Gasteiger partial charge in [0.2, 0.25) is 17.8 Å². The molecule has 0 aliphatic rings. The fourth-order valence-electron chi connectivity index (χ4n) is 0.841. The second-order valence-corrected chi connectivity index (χ2v) is 2.97. The summed E-state index contributed by atoms with van der Waals surface area (Å²) in [6, 6.07) is 0. The lowest BCUT2D eigenvalue weighted by molar-refractivity contribution is 0.0491. The number of azide groups is 2. The van der Waals surface area contributed by atoms with Crippen molar-refractivity contribution in [2.45, 2.75) is 19.3 Å². The lowest BCUT2D eigenvalue weighted by atomic mass is 10.4. The first-order valence-corrected chi connectivity index (χ1v) is 4.55. The lowest BCUT2D eigenvalue weighted by Crippen LogP contribution is -2.31. The molecule has 0 bridgehead atoms. The molecule has 1 rings (SSSR count). The molecule has 1 aromatic heterocycles. The molecule has 0 amide bonds. The van der Waals surface area contributed by atoms with Gasteiger partial charge in [-0.1, -0.05) is 0 Å². The maximum atomic E-state index is 9.35. The van der Waals surface area contributed by atoms with Gasteiger partial charge in [0.1, 0.15) is 0 Å². The molecule has 18 heavy (non-hydrogen) atoms. The molecule has 0 radical (unpaired) electrons. The van der Waals surface area contributed by atoms with Crippen LogP contribution in [0.15, 0.2) is 10.2 Å². The third kappa shape index (κ3) is 3.73. The SMILES string of the molecule is CC(O)C(O)Nc1nc(N=[N+]=[N-])nc(N=[N+]=[N-])n1. The summed E-state index contributed by atoms with van der Waals surface area (Å²) in [6.07, 6.45) is -2.43. The van der Waals surface area contributed by atoms with Gasteiger partial charge in [-0.3, -0.25) is 0 Å². The number of aliphatic hydroxyl groups is 2. The van der Waals surface area contributed by atoms with E-state index < -0.39 is 12.3 Å². The fourth-order valence-corrected chi connectivity index (χ4v) is 0.841. The van der Waals surface area contributed by atoms with Gasteiger partial charge in [0.05, 0.1) is 6.10 Å². The Bertz CT molecular complexity index is 481. The van der Waals surface area contributed by atoms with Crippen molar-refractivity contribution in [2.24, 2.45) is 10.2 Å². The van der Waals surface area contributed by atoms with Crippen LogP contribution in [0.3, 0.4) is 0 Å². The Balaban J connectivity index is 3.10. The smallest absolute Gasteiger partial charge is 0.228 e. The van der Waals surface area contributed by atoms with Crippen molar-refractivity contribution in [3.63, 3.8) is 0 Å². The molecule has 1 heterocycles. The molecule has 0 saturated carbocycles. The van der Waals surface area contributed by atoms with Gasteiger partial charge in [0, 0.05) is 9.82 Å². The van der Waals surface area contributed by atoms with Gasteiger partial charge in [0.15, 0.2) is 6.23 Å². The van der Waals surface area contributed by atoms with Crippen molar-refractivity contribution in [1.29, 1.82) is 0 Å². The normalized spacial score (nSPS) is 12.8. The topological polar surface area (TPSA) is 189 Å². The van der Waals surface area contributed by atoms with Crippen molar-refractivity contribution >= 4 is 17.8 Å². The molecule has 12 nitrogen and oxygen atoms in total. The molecule has 0 spiro atoms. The summed E-state index contributed by atoms with van der Waals surface area (Å²) in [7, 11) is 0. The Hall–Kier alpha value is -2.65. The summed E-state index contributed by atoms with van der Waals surface area (Å²) in [6.45, 7) is 1.33. The number of aromatic nitrogens is 3. The van der Waals surface area contributed by atoms with Crippen LogP contribution in [0.5, 0.6) is 0 Å². The van der Waals surface area contributed by atoms with Crippen molar-refractivity contribution in [3.05, 3.63) is 20.9 Å². The predicted molar refractivity (Wildman–Crippen MR) is 58.7 cm³/mol. The van der Waals surface area contributed by atoms with Crippen LogP contribution in [0.1, 0.15) is 6.92 Å². The van der Waals surface area contributed by atoms with E-state index in [0.29, 0.717) is 0 Å². The van der Waals surface area contributed by atoms with Gasteiger partial charge in [-0.25, -0.2) is 4.98 Å². The Kier molecular flexibility index (Phi) is 4.60. The number of rotatable bonds is 5. The molecule has 0 saturated heterocycles. The van der Waals surface area contributed by atoms with E-state index in [2.05, 4.69) is 40.3 Å². The second-order valence-electron chi connectivity index (χ2n) is 2.97. The molecule has 2 atom stereocenters. The first-order valence-electron chi connectivity index (χ1n) is 4.55. The van der Waals surface area contributed by atoms with Crippen LogP contribution >= 0.6 is 0 Å². The quantitative estimate of drug-likeness (QED) is 0.301. The second kappa shape index (κ2) is 6.18. The minimum absolute atomic E-state index is 0.205. The van der Waals surface area contributed by atoms with Gasteiger partial charge >= 0.3 is 0 Å². The Morgan fingerprint density at radius 3 is 2.00 bits per heavy atom. The molecule has 0 aromatic carbocycles. The highest BCUT2D eigenvalue weighted by Crippen LogP contribution is 2.15. The predicted octanol–water partition coefficient (Wildman–Crippen LogP) is 0.866. The van der Waals surface area contributed by atoms with E-state index in [9.17, 15) is 5.11 Å². The van der Waals surface area contributed by atoms with Crippen LogP contribution < -0.4 is 5.32 Å². The van der Waals surface area contributed by atoms with Crippen LogP contribution in [0, 0.1) is 0 Å². The Morgan fingerprint density at radius 2 is 1.61 bits per heavy atom. The fraction of sp³-hybridized carbons (Fsp3) is 0.500. The Morgan fingerprint density at radius 1 is 1.11 bits per heavy atom. The lowest BCUT2D eigenvalue weighted by Gasteiger charge is -2.15. The van der Waals surface area contributed by atoms with E-state index in [4.69, 9.17) is 16.2 Å². The summed E-state index contributed by atoms with van der Waals surface area (Å²) in [5, 5.41) is 27.0. The first-order chi connectivity index (χ1) is 8.56. The molecular weight excluding hydrogens is 244 g/mol. The van der Waals surface area contributed by atoms with Crippen LogP contribution in [0.4, 0.5) is 17.8 Å². The standard InChI is InChI=1S/C6H8N10O2/c1-2(17)3(18)9-4-10-5(13-15-7)12-6(11-4)14-16-8/h2-3,17-18H,1H3,(H,9,10,11,12). The third-order valence-electron chi connectivity index (χ3n) is 1.61. The zero-order chi connectivity index (χ0) is 13.5. The van der Waals surface area contributed by atoms with Crippen LogP contribution in [0.25, 0.3) is 20.9 Å². The monoisotopic (exact) mass is 252 g/mol. The van der Waals surface area contributed by atoms with E-state index in [1.807, 2.05) is 0 Å². The number of nitrogens with zero attached hydrogens (tertiary/aromatic N) is 9. The zero-order valence-corrected chi connectivity index (χ0v) is 9.07. The summed E-state index contributed by atoms with van der Waals surface area (Å²) in [4.78, 5) is 15.7. The van der Waals surface area contributed by atoms with Crippen molar-refractivity contribution in [1.82, 2.24) is 15.0 Å². The van der Waals surface area contributed by atoms with Gasteiger partial charge in [-0.15, -0.1) is 0 Å². The molecule has 12 heteroatoms. The molecule has 0 fully saturated rings.